The maximum atomic E-state index is 12.1. The first-order chi connectivity index (χ1) is 9.44. The van der Waals surface area contributed by atoms with Gasteiger partial charge >= 0.3 is 5.69 Å². The largest absolute Gasteiger partial charge is 0.374 e. The summed E-state index contributed by atoms with van der Waals surface area (Å²) < 4.78 is 26.4. The maximum Gasteiger partial charge on any atom is 0.304 e. The van der Waals surface area contributed by atoms with E-state index in [9.17, 15) is 18.5 Å². The monoisotopic (exact) mass is 334 g/mol. The van der Waals surface area contributed by atoms with Gasteiger partial charge in [-0.25, -0.2) is 18.1 Å². The normalized spacial score (nSPS) is 11.4. The number of aromatic nitrogens is 1. The van der Waals surface area contributed by atoms with Crippen LogP contribution in [0.1, 0.15) is 5.01 Å². The molecule has 2 aromatic rings. The number of thiazole rings is 1. The van der Waals surface area contributed by atoms with Crippen LogP contribution >= 0.6 is 22.7 Å². The molecule has 0 aliphatic rings. The van der Waals surface area contributed by atoms with Crippen molar-refractivity contribution in [3.8, 4) is 0 Å². The predicted molar refractivity (Wildman–Crippen MR) is 76.7 cm³/mol. The zero-order valence-electron chi connectivity index (χ0n) is 10.2. The Morgan fingerprint density at radius 3 is 2.75 bits per heavy atom. The van der Waals surface area contributed by atoms with Crippen molar-refractivity contribution in [3.05, 3.63) is 32.8 Å². The first kappa shape index (κ1) is 14.8. The van der Waals surface area contributed by atoms with E-state index in [1.54, 1.807) is 11.6 Å². The fraction of sp³-hybridized carbons (Fsp3) is 0.222. The SMILES string of the molecule is CNc1sc(S(=O)(=O)NCc2nccs2)cc1[N+](=O)[O-]. The van der Waals surface area contributed by atoms with Gasteiger partial charge in [0.2, 0.25) is 0 Å². The topological polar surface area (TPSA) is 114 Å². The summed E-state index contributed by atoms with van der Waals surface area (Å²) in [5.74, 6) is 0. The molecular formula is C9H10N4O4S3. The minimum Gasteiger partial charge on any atom is -0.374 e. The Kier molecular flexibility index (Phi) is 4.32. The van der Waals surface area contributed by atoms with Gasteiger partial charge < -0.3 is 5.32 Å². The van der Waals surface area contributed by atoms with E-state index in [1.165, 1.54) is 18.4 Å². The molecular weight excluding hydrogens is 324 g/mol. The Balaban J connectivity index is 2.23. The molecule has 2 heterocycles. The molecule has 0 fully saturated rings. The summed E-state index contributed by atoms with van der Waals surface area (Å²) in [6.45, 7) is 0.0561. The summed E-state index contributed by atoms with van der Waals surface area (Å²) in [7, 11) is -2.29. The van der Waals surface area contributed by atoms with Gasteiger partial charge in [-0.05, 0) is 0 Å². The molecule has 0 spiro atoms. The van der Waals surface area contributed by atoms with Gasteiger partial charge in [-0.3, -0.25) is 10.1 Å². The van der Waals surface area contributed by atoms with Crippen LogP contribution in [-0.4, -0.2) is 25.4 Å². The highest BCUT2D eigenvalue weighted by Crippen LogP contribution is 2.36. The summed E-state index contributed by atoms with van der Waals surface area (Å²) in [6.07, 6.45) is 1.57. The van der Waals surface area contributed by atoms with Crippen molar-refractivity contribution >= 4 is 43.4 Å². The molecule has 0 aliphatic carbocycles. The number of anilines is 1. The highest BCUT2D eigenvalue weighted by molar-refractivity contribution is 7.91. The van der Waals surface area contributed by atoms with Gasteiger partial charge in [-0.1, -0.05) is 11.3 Å². The third-order valence-corrected chi connectivity index (χ3v) is 6.07. The summed E-state index contributed by atoms with van der Waals surface area (Å²) in [5.41, 5.74) is -0.257. The standard InChI is InChI=1S/C9H10N4O4S3/c1-10-9-6(13(14)15)4-8(19-9)20(16,17)12-5-7-11-2-3-18-7/h2-4,10,12H,5H2,1H3. The van der Waals surface area contributed by atoms with Gasteiger partial charge in [-0.15, -0.1) is 11.3 Å². The molecule has 2 rings (SSSR count). The van der Waals surface area contributed by atoms with Crippen LogP contribution in [-0.2, 0) is 16.6 Å². The summed E-state index contributed by atoms with van der Waals surface area (Å²) >= 11 is 2.13. The van der Waals surface area contributed by atoms with Crippen molar-refractivity contribution in [1.29, 1.82) is 0 Å². The third kappa shape index (κ3) is 3.12. The fourth-order valence-electron chi connectivity index (χ4n) is 1.37. The summed E-state index contributed by atoms with van der Waals surface area (Å²) in [5, 5.41) is 16.0. The highest BCUT2D eigenvalue weighted by atomic mass is 32.2. The zero-order valence-corrected chi connectivity index (χ0v) is 12.6. The lowest BCUT2D eigenvalue weighted by atomic mass is 10.5. The van der Waals surface area contributed by atoms with Gasteiger partial charge in [0, 0.05) is 24.7 Å². The second kappa shape index (κ2) is 5.83. The minimum atomic E-state index is -3.79. The minimum absolute atomic E-state index is 0.0561. The highest BCUT2D eigenvalue weighted by Gasteiger charge is 2.25. The van der Waals surface area contributed by atoms with Gasteiger partial charge in [-0.2, -0.15) is 0 Å². The molecule has 2 N–H and O–H groups in total. The molecule has 20 heavy (non-hydrogen) atoms. The first-order valence-electron chi connectivity index (χ1n) is 5.28. The zero-order chi connectivity index (χ0) is 14.8. The van der Waals surface area contributed by atoms with Crippen molar-refractivity contribution < 1.29 is 13.3 Å². The van der Waals surface area contributed by atoms with Crippen molar-refractivity contribution in [2.75, 3.05) is 12.4 Å². The Labute approximate surface area is 122 Å². The molecule has 0 atom stereocenters. The van der Waals surface area contributed by atoms with E-state index in [2.05, 4.69) is 15.0 Å². The van der Waals surface area contributed by atoms with Gasteiger partial charge in [0.25, 0.3) is 10.0 Å². The lowest BCUT2D eigenvalue weighted by Gasteiger charge is -2.01. The van der Waals surface area contributed by atoms with E-state index in [4.69, 9.17) is 0 Å². The maximum absolute atomic E-state index is 12.1. The Bertz CT molecular complexity index is 708. The first-order valence-corrected chi connectivity index (χ1v) is 8.46. The van der Waals surface area contributed by atoms with Crippen LogP contribution in [0.25, 0.3) is 0 Å². The van der Waals surface area contributed by atoms with Crippen molar-refractivity contribution in [3.63, 3.8) is 0 Å². The van der Waals surface area contributed by atoms with Crippen molar-refractivity contribution in [2.45, 2.75) is 10.8 Å². The van der Waals surface area contributed by atoms with Crippen LogP contribution in [0.15, 0.2) is 21.9 Å². The van der Waals surface area contributed by atoms with E-state index in [1.807, 2.05) is 0 Å². The van der Waals surface area contributed by atoms with Crippen LogP contribution in [0.3, 0.4) is 0 Å². The number of nitrogens with zero attached hydrogens (tertiary/aromatic N) is 2. The van der Waals surface area contributed by atoms with Gasteiger partial charge in [0.15, 0.2) is 5.00 Å². The second-order valence-electron chi connectivity index (χ2n) is 3.54. The lowest BCUT2D eigenvalue weighted by molar-refractivity contribution is -0.383. The molecule has 0 amide bonds. The number of thiophene rings is 1. The fourth-order valence-corrected chi connectivity index (χ4v) is 4.34. The molecule has 0 unspecified atom stereocenters. The van der Waals surface area contributed by atoms with Gasteiger partial charge in [0.1, 0.15) is 9.22 Å². The Morgan fingerprint density at radius 1 is 1.50 bits per heavy atom. The summed E-state index contributed by atoms with van der Waals surface area (Å²) in [4.78, 5) is 14.1. The van der Waals surface area contributed by atoms with Crippen LogP contribution in [0.5, 0.6) is 0 Å². The molecule has 0 saturated heterocycles. The quantitative estimate of drug-likeness (QED) is 0.613. The molecule has 108 valence electrons. The van der Waals surface area contributed by atoms with E-state index in [0.717, 1.165) is 17.4 Å². The van der Waals surface area contributed by atoms with Crippen LogP contribution in [0.2, 0.25) is 0 Å². The van der Waals surface area contributed by atoms with Crippen molar-refractivity contribution in [1.82, 2.24) is 9.71 Å². The molecule has 0 aliphatic heterocycles. The molecule has 0 aromatic carbocycles. The number of hydrogen-bond donors (Lipinski definition) is 2. The van der Waals surface area contributed by atoms with E-state index in [-0.39, 0.29) is 21.4 Å². The average molecular weight is 334 g/mol. The number of sulfonamides is 1. The Morgan fingerprint density at radius 2 is 2.25 bits per heavy atom. The van der Waals surface area contributed by atoms with Gasteiger partial charge in [0.05, 0.1) is 11.5 Å². The van der Waals surface area contributed by atoms with E-state index < -0.39 is 14.9 Å². The molecule has 11 heteroatoms. The number of nitro groups is 1. The van der Waals surface area contributed by atoms with E-state index >= 15 is 0 Å². The molecule has 0 radical (unpaired) electrons. The summed E-state index contributed by atoms with van der Waals surface area (Å²) in [6, 6.07) is 1.04. The molecule has 2 aromatic heterocycles. The molecule has 0 saturated carbocycles. The van der Waals surface area contributed by atoms with Crippen molar-refractivity contribution in [2.24, 2.45) is 0 Å². The predicted octanol–water partition coefficient (Wildman–Crippen LogP) is 1.63. The molecule has 0 bridgehead atoms. The number of nitrogens with one attached hydrogen (secondary N) is 2. The van der Waals surface area contributed by atoms with E-state index in [0.29, 0.717) is 5.01 Å². The third-order valence-electron chi connectivity index (χ3n) is 2.28. The van der Waals surface area contributed by atoms with Crippen LogP contribution < -0.4 is 10.0 Å². The Hall–Kier alpha value is -1.56. The van der Waals surface area contributed by atoms with Crippen LogP contribution in [0.4, 0.5) is 10.7 Å². The average Bonchev–Trinajstić information content (AvgIpc) is 3.05. The second-order valence-corrected chi connectivity index (χ2v) is 7.56. The smallest absolute Gasteiger partial charge is 0.304 e. The number of rotatable bonds is 6. The molecule has 8 nitrogen and oxygen atoms in total. The van der Waals surface area contributed by atoms with Crippen LogP contribution in [0, 0.1) is 10.1 Å². The lowest BCUT2D eigenvalue weighted by Crippen LogP contribution is -2.22. The number of hydrogen-bond acceptors (Lipinski definition) is 8.